The molecule has 0 amide bonds. The molecule has 0 fully saturated rings. The minimum absolute atomic E-state index is 0.241. The van der Waals surface area contributed by atoms with Crippen LogP contribution in [0.4, 0.5) is 0 Å². The molecule has 0 atom stereocenters. The highest BCUT2D eigenvalue weighted by Crippen LogP contribution is 2.23. The fourth-order valence-electron chi connectivity index (χ4n) is 2.23. The number of rotatable bonds is 7. The van der Waals surface area contributed by atoms with Gasteiger partial charge in [-0.2, -0.15) is 0 Å². The number of sulfonamides is 1. The number of hydrogen-bond donors (Lipinski definition) is 1. The molecule has 0 aliphatic heterocycles. The first-order valence-corrected chi connectivity index (χ1v) is 9.11. The van der Waals surface area contributed by atoms with E-state index in [2.05, 4.69) is 4.72 Å². The first-order chi connectivity index (χ1) is 10.8. The van der Waals surface area contributed by atoms with E-state index in [-0.39, 0.29) is 10.3 Å². The second kappa shape index (κ2) is 7.15. The van der Waals surface area contributed by atoms with Crippen LogP contribution in [0.1, 0.15) is 26.3 Å². The summed E-state index contributed by atoms with van der Waals surface area (Å²) in [6.45, 7) is 6.80. The summed E-state index contributed by atoms with van der Waals surface area (Å²) in [4.78, 5) is 0.241. The van der Waals surface area contributed by atoms with Gasteiger partial charge in [0.15, 0.2) is 0 Å². The summed E-state index contributed by atoms with van der Waals surface area (Å²) in [5.41, 5.74) is 0.800. The Morgan fingerprint density at radius 2 is 1.61 bits per heavy atom. The van der Waals surface area contributed by atoms with Crippen molar-refractivity contribution >= 4 is 10.0 Å². The average Bonchev–Trinajstić information content (AvgIpc) is 2.55. The third kappa shape index (κ3) is 4.56. The zero-order valence-corrected chi connectivity index (χ0v) is 14.6. The topological polar surface area (TPSA) is 55.4 Å². The Balaban J connectivity index is 2.09. The van der Waals surface area contributed by atoms with Crippen LogP contribution >= 0.6 is 0 Å². The molecule has 0 unspecified atom stereocenters. The van der Waals surface area contributed by atoms with Gasteiger partial charge in [-0.1, -0.05) is 44.2 Å². The molecular formula is C18H23NO3S. The minimum Gasteiger partial charge on any atom is -0.494 e. The smallest absolute Gasteiger partial charge is 0.240 e. The number of ether oxygens (including phenoxy) is 1. The monoisotopic (exact) mass is 333 g/mol. The van der Waals surface area contributed by atoms with E-state index in [4.69, 9.17) is 4.74 Å². The highest BCUT2D eigenvalue weighted by atomic mass is 32.2. The maximum absolute atomic E-state index is 12.4. The first kappa shape index (κ1) is 17.5. The maximum Gasteiger partial charge on any atom is 0.240 e. The summed E-state index contributed by atoms with van der Waals surface area (Å²) in [5.74, 6) is 0.663. The SMILES string of the molecule is CCOc1ccc(S(=O)(=O)NCC(C)(C)c2ccccc2)cc1. The van der Waals surface area contributed by atoms with Crippen LogP contribution in [0.5, 0.6) is 5.75 Å². The van der Waals surface area contributed by atoms with Crippen LogP contribution < -0.4 is 9.46 Å². The van der Waals surface area contributed by atoms with E-state index in [1.165, 1.54) is 0 Å². The van der Waals surface area contributed by atoms with Crippen LogP contribution in [0, 0.1) is 0 Å². The second-order valence-corrected chi connectivity index (χ2v) is 7.75. The standard InChI is InChI=1S/C18H23NO3S/c1-4-22-16-10-12-17(13-11-16)23(20,21)19-14-18(2,3)15-8-6-5-7-9-15/h5-13,19H,4,14H2,1-3H3. The molecule has 0 radical (unpaired) electrons. The van der Waals surface area contributed by atoms with E-state index in [9.17, 15) is 8.42 Å². The van der Waals surface area contributed by atoms with Gasteiger partial charge < -0.3 is 4.74 Å². The van der Waals surface area contributed by atoms with Gasteiger partial charge in [0.2, 0.25) is 10.0 Å². The maximum atomic E-state index is 12.4. The van der Waals surface area contributed by atoms with Gasteiger partial charge in [-0.05, 0) is 36.8 Å². The predicted molar refractivity (Wildman–Crippen MR) is 92.3 cm³/mol. The molecule has 2 rings (SSSR count). The van der Waals surface area contributed by atoms with Crippen LogP contribution in [0.25, 0.3) is 0 Å². The molecular weight excluding hydrogens is 310 g/mol. The van der Waals surface area contributed by atoms with Crippen LogP contribution in [0.2, 0.25) is 0 Å². The normalized spacial score (nSPS) is 12.1. The molecule has 2 aromatic carbocycles. The minimum atomic E-state index is -3.54. The Hall–Kier alpha value is -1.85. The zero-order valence-electron chi connectivity index (χ0n) is 13.7. The Kier molecular flexibility index (Phi) is 5.44. The van der Waals surface area contributed by atoms with Crippen molar-refractivity contribution in [2.24, 2.45) is 0 Å². The van der Waals surface area contributed by atoms with Crippen molar-refractivity contribution < 1.29 is 13.2 Å². The molecule has 0 saturated carbocycles. The molecule has 1 N–H and O–H groups in total. The summed E-state index contributed by atoms with van der Waals surface area (Å²) >= 11 is 0. The molecule has 0 bridgehead atoms. The van der Waals surface area contributed by atoms with Gasteiger partial charge in [0.25, 0.3) is 0 Å². The van der Waals surface area contributed by atoms with E-state index in [0.29, 0.717) is 18.9 Å². The van der Waals surface area contributed by atoms with E-state index in [0.717, 1.165) is 5.56 Å². The van der Waals surface area contributed by atoms with Gasteiger partial charge in [0, 0.05) is 12.0 Å². The average molecular weight is 333 g/mol. The van der Waals surface area contributed by atoms with Crippen LogP contribution in [0.3, 0.4) is 0 Å². The van der Waals surface area contributed by atoms with E-state index >= 15 is 0 Å². The third-order valence-electron chi connectivity index (χ3n) is 3.70. The van der Waals surface area contributed by atoms with Crippen LogP contribution in [-0.4, -0.2) is 21.6 Å². The Bertz CT molecular complexity index is 723. The van der Waals surface area contributed by atoms with Gasteiger partial charge in [-0.25, -0.2) is 13.1 Å². The Morgan fingerprint density at radius 3 is 2.17 bits per heavy atom. The van der Waals surface area contributed by atoms with Crippen LogP contribution in [-0.2, 0) is 15.4 Å². The lowest BCUT2D eigenvalue weighted by Crippen LogP contribution is -2.36. The first-order valence-electron chi connectivity index (χ1n) is 7.63. The molecule has 0 spiro atoms. The number of benzene rings is 2. The zero-order chi connectivity index (χ0) is 16.9. The molecule has 0 aliphatic carbocycles. The largest absolute Gasteiger partial charge is 0.494 e. The van der Waals surface area contributed by atoms with E-state index in [1.807, 2.05) is 51.1 Å². The molecule has 124 valence electrons. The predicted octanol–water partition coefficient (Wildman–Crippen LogP) is 3.34. The quantitative estimate of drug-likeness (QED) is 0.845. The number of nitrogens with one attached hydrogen (secondary N) is 1. The van der Waals surface area contributed by atoms with Gasteiger partial charge in [-0.15, -0.1) is 0 Å². The van der Waals surface area contributed by atoms with E-state index < -0.39 is 10.0 Å². The van der Waals surface area contributed by atoms with Crippen molar-refractivity contribution in [3.8, 4) is 5.75 Å². The molecule has 0 saturated heterocycles. The summed E-state index contributed by atoms with van der Waals surface area (Å²) in [6.07, 6.45) is 0. The fraction of sp³-hybridized carbons (Fsp3) is 0.333. The summed E-state index contributed by atoms with van der Waals surface area (Å²) < 4.78 is 32.9. The van der Waals surface area contributed by atoms with Crippen molar-refractivity contribution in [2.45, 2.75) is 31.1 Å². The van der Waals surface area contributed by atoms with E-state index in [1.54, 1.807) is 24.3 Å². The van der Waals surface area contributed by atoms with Gasteiger partial charge in [-0.3, -0.25) is 0 Å². The lowest BCUT2D eigenvalue weighted by molar-refractivity contribution is 0.340. The van der Waals surface area contributed by atoms with Crippen molar-refractivity contribution in [2.75, 3.05) is 13.2 Å². The lowest BCUT2D eigenvalue weighted by Gasteiger charge is -2.25. The molecule has 23 heavy (non-hydrogen) atoms. The van der Waals surface area contributed by atoms with Crippen molar-refractivity contribution in [3.05, 3.63) is 60.2 Å². The molecule has 5 heteroatoms. The highest BCUT2D eigenvalue weighted by Gasteiger charge is 2.24. The molecule has 0 aromatic heterocycles. The van der Waals surface area contributed by atoms with Gasteiger partial charge in [0.1, 0.15) is 5.75 Å². The van der Waals surface area contributed by atoms with Crippen LogP contribution in [0.15, 0.2) is 59.5 Å². The molecule has 0 aliphatic rings. The Labute approximate surface area is 138 Å². The molecule has 4 nitrogen and oxygen atoms in total. The highest BCUT2D eigenvalue weighted by molar-refractivity contribution is 7.89. The van der Waals surface area contributed by atoms with Gasteiger partial charge in [0.05, 0.1) is 11.5 Å². The fourth-order valence-corrected chi connectivity index (χ4v) is 3.44. The van der Waals surface area contributed by atoms with Crippen molar-refractivity contribution in [3.63, 3.8) is 0 Å². The summed E-state index contributed by atoms with van der Waals surface area (Å²) in [6, 6.07) is 16.3. The molecule has 2 aromatic rings. The Morgan fingerprint density at radius 1 is 1.00 bits per heavy atom. The third-order valence-corrected chi connectivity index (χ3v) is 5.12. The molecule has 0 heterocycles. The summed E-state index contributed by atoms with van der Waals surface area (Å²) in [7, 11) is -3.54. The van der Waals surface area contributed by atoms with Gasteiger partial charge >= 0.3 is 0 Å². The lowest BCUT2D eigenvalue weighted by atomic mass is 9.85. The number of hydrogen-bond acceptors (Lipinski definition) is 3. The van der Waals surface area contributed by atoms with Crippen molar-refractivity contribution in [1.29, 1.82) is 0 Å². The van der Waals surface area contributed by atoms with Crippen molar-refractivity contribution in [1.82, 2.24) is 4.72 Å². The summed E-state index contributed by atoms with van der Waals surface area (Å²) in [5, 5.41) is 0. The second-order valence-electron chi connectivity index (χ2n) is 5.98.